The zero-order valence-electron chi connectivity index (χ0n) is 14.7. The van der Waals surface area contributed by atoms with Gasteiger partial charge in [-0.3, -0.25) is 4.90 Å². The topological polar surface area (TPSA) is 55.8 Å². The molecule has 2 aromatic carbocycles. The molecule has 1 heterocycles. The quantitative estimate of drug-likeness (QED) is 0.745. The van der Waals surface area contributed by atoms with Gasteiger partial charge in [-0.05, 0) is 24.0 Å². The Morgan fingerprint density at radius 1 is 0.923 bits per heavy atom. The van der Waals surface area contributed by atoms with Gasteiger partial charge in [-0.15, -0.1) is 0 Å². The Hall–Kier alpha value is -2.82. The molecule has 0 N–H and O–H groups in total. The van der Waals surface area contributed by atoms with Crippen LogP contribution in [0.4, 0.5) is 4.79 Å². The number of nitrogens with zero attached hydrogens (tertiary/aromatic N) is 1. The Bertz CT molecular complexity index is 717. The molecule has 3 rings (SSSR count). The van der Waals surface area contributed by atoms with E-state index in [2.05, 4.69) is 0 Å². The van der Waals surface area contributed by atoms with Crippen molar-refractivity contribution in [1.29, 1.82) is 0 Å². The number of ether oxygens (including phenoxy) is 2. The molecule has 1 amide bonds. The number of rotatable bonds is 6. The van der Waals surface area contributed by atoms with Gasteiger partial charge in [0.2, 0.25) is 0 Å². The maximum atomic E-state index is 12.4. The van der Waals surface area contributed by atoms with Crippen LogP contribution < -0.4 is 0 Å². The summed E-state index contributed by atoms with van der Waals surface area (Å²) in [7, 11) is 0. The molecule has 5 heteroatoms. The van der Waals surface area contributed by atoms with E-state index in [1.165, 1.54) is 4.90 Å². The highest BCUT2D eigenvalue weighted by atomic mass is 16.6. The fourth-order valence-electron chi connectivity index (χ4n) is 3.04. The van der Waals surface area contributed by atoms with E-state index in [1.54, 1.807) is 0 Å². The summed E-state index contributed by atoms with van der Waals surface area (Å²) in [5.74, 6) is -0.352. The standard InChI is InChI=1S/C21H23NO4/c23-20(25-15-13-17-8-3-1-4-9-17)19-12-7-14-22(19)21(24)26-16-18-10-5-2-6-11-18/h1-6,8-11,19H,7,12-16H2/t19-/m0/s1. The minimum atomic E-state index is -0.547. The molecule has 0 aromatic heterocycles. The molecule has 2 aromatic rings. The van der Waals surface area contributed by atoms with Crippen LogP contribution in [0.2, 0.25) is 0 Å². The zero-order valence-corrected chi connectivity index (χ0v) is 14.7. The number of carbonyl (C=O) groups excluding carboxylic acids is 2. The third-order valence-electron chi connectivity index (χ3n) is 4.44. The number of carbonyl (C=O) groups is 2. The molecule has 5 nitrogen and oxygen atoms in total. The first-order chi connectivity index (χ1) is 12.7. The first-order valence-electron chi connectivity index (χ1n) is 8.92. The lowest BCUT2D eigenvalue weighted by atomic mass is 10.2. The summed E-state index contributed by atoms with van der Waals surface area (Å²) in [6, 6.07) is 18.8. The Kier molecular flexibility index (Phi) is 6.25. The molecule has 1 saturated heterocycles. The van der Waals surface area contributed by atoms with Gasteiger partial charge in [0.05, 0.1) is 6.61 Å². The highest BCUT2D eigenvalue weighted by molar-refractivity contribution is 5.82. The van der Waals surface area contributed by atoms with E-state index in [-0.39, 0.29) is 12.6 Å². The normalized spacial score (nSPS) is 16.3. The van der Waals surface area contributed by atoms with Crippen LogP contribution in [0.15, 0.2) is 60.7 Å². The van der Waals surface area contributed by atoms with Crippen LogP contribution in [0.25, 0.3) is 0 Å². The summed E-state index contributed by atoms with van der Waals surface area (Å²) in [6.45, 7) is 1.03. The van der Waals surface area contributed by atoms with E-state index < -0.39 is 12.1 Å². The van der Waals surface area contributed by atoms with Crippen molar-refractivity contribution < 1.29 is 19.1 Å². The second-order valence-electron chi connectivity index (χ2n) is 6.29. The minimum absolute atomic E-state index is 0.200. The van der Waals surface area contributed by atoms with Gasteiger partial charge in [0, 0.05) is 13.0 Å². The van der Waals surface area contributed by atoms with Gasteiger partial charge in [-0.1, -0.05) is 60.7 Å². The monoisotopic (exact) mass is 353 g/mol. The molecule has 136 valence electrons. The van der Waals surface area contributed by atoms with Crippen molar-refractivity contribution in [2.45, 2.75) is 31.9 Å². The van der Waals surface area contributed by atoms with Crippen molar-refractivity contribution in [3.05, 3.63) is 71.8 Å². The van der Waals surface area contributed by atoms with Gasteiger partial charge in [0.25, 0.3) is 0 Å². The molecule has 1 fully saturated rings. The molecule has 1 aliphatic rings. The molecule has 26 heavy (non-hydrogen) atoms. The van der Waals surface area contributed by atoms with Crippen LogP contribution in [-0.2, 0) is 27.3 Å². The number of hydrogen-bond acceptors (Lipinski definition) is 4. The lowest BCUT2D eigenvalue weighted by Crippen LogP contribution is -2.41. The van der Waals surface area contributed by atoms with Crippen LogP contribution in [-0.4, -0.2) is 36.2 Å². The third kappa shape index (κ3) is 4.85. The molecule has 1 atom stereocenters. The molecule has 0 aliphatic carbocycles. The number of esters is 1. The van der Waals surface area contributed by atoms with Crippen molar-refractivity contribution in [2.75, 3.05) is 13.2 Å². The van der Waals surface area contributed by atoms with E-state index >= 15 is 0 Å². The fraction of sp³-hybridized carbons (Fsp3) is 0.333. The molecule has 0 radical (unpaired) electrons. The van der Waals surface area contributed by atoms with Crippen molar-refractivity contribution in [3.8, 4) is 0 Å². The van der Waals surface area contributed by atoms with E-state index in [9.17, 15) is 9.59 Å². The highest BCUT2D eigenvalue weighted by Crippen LogP contribution is 2.20. The number of likely N-dealkylation sites (tertiary alicyclic amines) is 1. The number of amides is 1. The average Bonchev–Trinajstić information content (AvgIpc) is 3.18. The Labute approximate surface area is 153 Å². The average molecular weight is 353 g/mol. The van der Waals surface area contributed by atoms with Gasteiger partial charge in [-0.2, -0.15) is 0 Å². The summed E-state index contributed by atoms with van der Waals surface area (Å²) < 4.78 is 10.7. The maximum absolute atomic E-state index is 12.4. The molecule has 0 bridgehead atoms. The summed E-state index contributed by atoms with van der Waals surface area (Å²) in [4.78, 5) is 26.2. The lowest BCUT2D eigenvalue weighted by molar-refractivity contribution is -0.148. The van der Waals surface area contributed by atoms with Crippen molar-refractivity contribution in [3.63, 3.8) is 0 Å². The first kappa shape index (κ1) is 18.0. The Morgan fingerprint density at radius 2 is 1.58 bits per heavy atom. The molecule has 0 saturated carbocycles. The number of benzene rings is 2. The molecular formula is C21H23NO4. The third-order valence-corrected chi connectivity index (χ3v) is 4.44. The molecular weight excluding hydrogens is 330 g/mol. The highest BCUT2D eigenvalue weighted by Gasteiger charge is 2.36. The summed E-state index contributed by atoms with van der Waals surface area (Å²) >= 11 is 0. The predicted octanol–water partition coefficient (Wildman–Crippen LogP) is 3.57. The largest absolute Gasteiger partial charge is 0.464 e. The maximum Gasteiger partial charge on any atom is 0.410 e. The van der Waals surface area contributed by atoms with Crippen LogP contribution in [0, 0.1) is 0 Å². The Balaban J connectivity index is 1.47. The van der Waals surface area contributed by atoms with E-state index in [0.717, 1.165) is 17.5 Å². The van der Waals surface area contributed by atoms with Crippen molar-refractivity contribution in [1.82, 2.24) is 4.90 Å². The predicted molar refractivity (Wildman–Crippen MR) is 97.5 cm³/mol. The van der Waals surface area contributed by atoms with Crippen molar-refractivity contribution in [2.24, 2.45) is 0 Å². The lowest BCUT2D eigenvalue weighted by Gasteiger charge is -2.22. The second-order valence-corrected chi connectivity index (χ2v) is 6.29. The smallest absolute Gasteiger partial charge is 0.410 e. The van der Waals surface area contributed by atoms with E-state index in [1.807, 2.05) is 60.7 Å². The molecule has 0 unspecified atom stereocenters. The summed E-state index contributed by atoms with van der Waals surface area (Å²) in [6.07, 6.45) is 1.60. The fourth-order valence-corrected chi connectivity index (χ4v) is 3.04. The van der Waals surface area contributed by atoms with Gasteiger partial charge < -0.3 is 9.47 Å². The Morgan fingerprint density at radius 3 is 2.27 bits per heavy atom. The first-order valence-corrected chi connectivity index (χ1v) is 8.92. The summed E-state index contributed by atoms with van der Waals surface area (Å²) in [5, 5.41) is 0. The number of hydrogen-bond donors (Lipinski definition) is 0. The van der Waals surface area contributed by atoms with Crippen LogP contribution in [0.5, 0.6) is 0 Å². The van der Waals surface area contributed by atoms with E-state index in [0.29, 0.717) is 26.0 Å². The van der Waals surface area contributed by atoms with Crippen LogP contribution in [0.3, 0.4) is 0 Å². The zero-order chi connectivity index (χ0) is 18.2. The second kappa shape index (κ2) is 9.04. The van der Waals surface area contributed by atoms with Gasteiger partial charge in [0.1, 0.15) is 12.6 Å². The van der Waals surface area contributed by atoms with E-state index in [4.69, 9.17) is 9.47 Å². The molecule has 0 spiro atoms. The van der Waals surface area contributed by atoms with Crippen molar-refractivity contribution >= 4 is 12.1 Å². The van der Waals surface area contributed by atoms with Gasteiger partial charge >= 0.3 is 12.1 Å². The molecule has 1 aliphatic heterocycles. The van der Waals surface area contributed by atoms with Gasteiger partial charge in [0.15, 0.2) is 0 Å². The van der Waals surface area contributed by atoms with Crippen LogP contribution >= 0.6 is 0 Å². The minimum Gasteiger partial charge on any atom is -0.464 e. The van der Waals surface area contributed by atoms with Gasteiger partial charge in [-0.25, -0.2) is 9.59 Å². The summed E-state index contributed by atoms with van der Waals surface area (Å²) in [5.41, 5.74) is 2.04. The SMILES string of the molecule is O=C(OCCc1ccccc1)[C@@H]1CCCN1C(=O)OCc1ccccc1. The van der Waals surface area contributed by atoms with Crippen LogP contribution in [0.1, 0.15) is 24.0 Å².